The van der Waals surface area contributed by atoms with Gasteiger partial charge in [0.1, 0.15) is 0 Å². The third-order valence-electron chi connectivity index (χ3n) is 3.35. The summed E-state index contributed by atoms with van der Waals surface area (Å²) in [5.74, 6) is -0.818. The van der Waals surface area contributed by atoms with Crippen LogP contribution in [0.15, 0.2) is 53.3 Å². The second-order valence-corrected chi connectivity index (χ2v) is 8.41. The smallest absolute Gasteiger partial charge is 0.266 e. The van der Waals surface area contributed by atoms with Crippen molar-refractivity contribution in [3.05, 3.63) is 74.4 Å². The molecule has 0 spiro atoms. The molecule has 0 saturated heterocycles. The molecule has 1 N–H and O–H groups in total. The maximum Gasteiger partial charge on any atom is 0.266 e. The quantitative estimate of drug-likeness (QED) is 0.660. The molecule has 3 rings (SSSR count). The largest absolute Gasteiger partial charge is 0.268 e. The Labute approximate surface area is 158 Å². The van der Waals surface area contributed by atoms with Crippen LogP contribution in [-0.4, -0.2) is 14.3 Å². The van der Waals surface area contributed by atoms with E-state index >= 15 is 0 Å². The molecule has 4 nitrogen and oxygen atoms in total. The van der Waals surface area contributed by atoms with Crippen LogP contribution in [0.5, 0.6) is 0 Å². The lowest BCUT2D eigenvalue weighted by Gasteiger charge is -2.05. The van der Waals surface area contributed by atoms with Gasteiger partial charge in [-0.15, -0.1) is 11.3 Å². The van der Waals surface area contributed by atoms with Crippen molar-refractivity contribution in [3.63, 3.8) is 0 Å². The predicted octanol–water partition coefficient (Wildman–Crippen LogP) is 4.94. The van der Waals surface area contributed by atoms with E-state index in [1.807, 2.05) is 34.4 Å². The third kappa shape index (κ3) is 4.22. The van der Waals surface area contributed by atoms with Gasteiger partial charge in [-0.3, -0.25) is 4.79 Å². The number of halogens is 2. The molecule has 0 unspecified atom stereocenters. The number of nitrogens with one attached hydrogen (secondary N) is 1. The average molecular weight is 412 g/mol. The van der Waals surface area contributed by atoms with Crippen LogP contribution >= 0.6 is 34.5 Å². The Kier molecular flexibility index (Phi) is 5.15. The lowest BCUT2D eigenvalue weighted by Crippen LogP contribution is -2.29. The molecule has 3 aromatic rings. The number of thiophene rings is 1. The molecule has 0 saturated carbocycles. The van der Waals surface area contributed by atoms with Crippen LogP contribution in [0.1, 0.15) is 15.9 Å². The molecule has 0 bridgehead atoms. The summed E-state index contributed by atoms with van der Waals surface area (Å²) in [6, 6.07) is 11.9. The fourth-order valence-corrected chi connectivity index (χ4v) is 4.37. The highest BCUT2D eigenvalue weighted by Gasteiger charge is 2.16. The van der Waals surface area contributed by atoms with Crippen LogP contribution in [0.3, 0.4) is 0 Å². The number of fused-ring (bicyclic) bond motifs is 1. The van der Waals surface area contributed by atoms with E-state index in [2.05, 4.69) is 0 Å². The molecule has 128 valence electrons. The number of hydrogen-bond acceptors (Lipinski definition) is 4. The van der Waals surface area contributed by atoms with Crippen LogP contribution in [0.25, 0.3) is 16.2 Å². The van der Waals surface area contributed by atoms with Gasteiger partial charge in [0.05, 0.1) is 16.0 Å². The number of carbonyl (C=O) groups excluding carboxylic acids is 1. The lowest BCUT2D eigenvalue weighted by atomic mass is 10.2. The Balaban J connectivity index is 1.81. The van der Waals surface area contributed by atoms with E-state index in [9.17, 15) is 13.2 Å². The van der Waals surface area contributed by atoms with Crippen molar-refractivity contribution in [1.29, 1.82) is 0 Å². The van der Waals surface area contributed by atoms with Crippen LogP contribution in [-0.2, 0) is 10.0 Å². The topological polar surface area (TPSA) is 63.2 Å². The monoisotopic (exact) mass is 411 g/mol. The molecule has 8 heteroatoms. The van der Waals surface area contributed by atoms with Crippen LogP contribution in [0.4, 0.5) is 0 Å². The number of amides is 1. The van der Waals surface area contributed by atoms with Gasteiger partial charge in [-0.1, -0.05) is 41.4 Å². The van der Waals surface area contributed by atoms with Crippen molar-refractivity contribution in [3.8, 4) is 0 Å². The Bertz CT molecular complexity index is 1090. The van der Waals surface area contributed by atoms with Gasteiger partial charge in [-0.25, -0.2) is 13.1 Å². The standard InChI is InChI=1S/C17H11Cl2NO3S2/c18-12-5-6-14(15(19)9-12)17(21)20-25(22,23)8-7-11-10-24-16-4-2-1-3-13(11)16/h1-10H,(H,20,21). The summed E-state index contributed by atoms with van der Waals surface area (Å²) in [6.07, 6.45) is 1.46. The van der Waals surface area contributed by atoms with Crippen LogP contribution in [0.2, 0.25) is 10.0 Å². The Morgan fingerprint density at radius 1 is 1.12 bits per heavy atom. The molecule has 2 aromatic carbocycles. The molecule has 0 aliphatic heterocycles. The zero-order valence-corrected chi connectivity index (χ0v) is 15.7. The van der Waals surface area contributed by atoms with Crippen molar-refractivity contribution in [2.45, 2.75) is 0 Å². The molecule has 25 heavy (non-hydrogen) atoms. The molecule has 1 amide bonds. The summed E-state index contributed by atoms with van der Waals surface area (Å²) in [5, 5.41) is 4.20. The van der Waals surface area contributed by atoms with E-state index in [4.69, 9.17) is 23.2 Å². The Morgan fingerprint density at radius 2 is 1.88 bits per heavy atom. The lowest BCUT2D eigenvalue weighted by molar-refractivity contribution is 0.0982. The van der Waals surface area contributed by atoms with Crippen molar-refractivity contribution in [1.82, 2.24) is 4.72 Å². The van der Waals surface area contributed by atoms with E-state index < -0.39 is 15.9 Å². The maximum atomic E-state index is 12.1. The average Bonchev–Trinajstić information content (AvgIpc) is 2.95. The van der Waals surface area contributed by atoms with Gasteiger partial charge < -0.3 is 0 Å². The van der Waals surface area contributed by atoms with E-state index in [0.29, 0.717) is 5.02 Å². The van der Waals surface area contributed by atoms with Gasteiger partial charge in [0.25, 0.3) is 15.9 Å². The van der Waals surface area contributed by atoms with Gasteiger partial charge in [0.15, 0.2) is 0 Å². The second-order valence-electron chi connectivity index (χ2n) is 5.09. The van der Waals surface area contributed by atoms with Crippen LogP contribution < -0.4 is 4.72 Å². The Hall–Kier alpha value is -1.86. The maximum absolute atomic E-state index is 12.1. The fraction of sp³-hybridized carbons (Fsp3) is 0. The van der Waals surface area contributed by atoms with Gasteiger partial charge in [-0.05, 0) is 46.7 Å². The van der Waals surface area contributed by atoms with Gasteiger partial charge in [0, 0.05) is 9.72 Å². The first-order valence-electron chi connectivity index (χ1n) is 7.02. The van der Waals surface area contributed by atoms with Crippen molar-refractivity contribution < 1.29 is 13.2 Å². The molecule has 1 heterocycles. The molecule has 1 aromatic heterocycles. The van der Waals surface area contributed by atoms with Gasteiger partial charge in [0.2, 0.25) is 0 Å². The number of rotatable bonds is 4. The molecule has 0 radical (unpaired) electrons. The van der Waals surface area contributed by atoms with Gasteiger partial charge in [-0.2, -0.15) is 0 Å². The first-order valence-corrected chi connectivity index (χ1v) is 10.2. The fourth-order valence-electron chi connectivity index (χ4n) is 2.18. The number of hydrogen-bond donors (Lipinski definition) is 1. The number of carbonyl (C=O) groups is 1. The summed E-state index contributed by atoms with van der Waals surface area (Å²) in [4.78, 5) is 12.1. The van der Waals surface area contributed by atoms with E-state index in [0.717, 1.165) is 21.1 Å². The third-order valence-corrected chi connectivity index (χ3v) is 5.84. The minimum absolute atomic E-state index is 0.0315. The van der Waals surface area contributed by atoms with E-state index in [1.165, 1.54) is 35.6 Å². The first-order chi connectivity index (χ1) is 11.9. The number of sulfonamides is 1. The summed E-state index contributed by atoms with van der Waals surface area (Å²) in [5.41, 5.74) is 0.798. The highest BCUT2D eigenvalue weighted by Crippen LogP contribution is 2.26. The molecular formula is C17H11Cl2NO3S2. The highest BCUT2D eigenvalue weighted by atomic mass is 35.5. The zero-order valence-electron chi connectivity index (χ0n) is 12.6. The molecule has 0 aliphatic carbocycles. The summed E-state index contributed by atoms with van der Waals surface area (Å²) in [6.45, 7) is 0. The van der Waals surface area contributed by atoms with E-state index in [-0.39, 0.29) is 10.6 Å². The minimum Gasteiger partial charge on any atom is -0.268 e. The van der Waals surface area contributed by atoms with Crippen molar-refractivity contribution in [2.24, 2.45) is 0 Å². The SMILES string of the molecule is O=C(NS(=O)(=O)C=Cc1csc2ccccc12)c1ccc(Cl)cc1Cl. The molecule has 0 aliphatic rings. The summed E-state index contributed by atoms with van der Waals surface area (Å²) in [7, 11) is -3.97. The number of benzene rings is 2. The molecule has 0 atom stereocenters. The first kappa shape index (κ1) is 17.9. The second kappa shape index (κ2) is 7.17. The van der Waals surface area contributed by atoms with Crippen molar-refractivity contribution in [2.75, 3.05) is 0 Å². The van der Waals surface area contributed by atoms with Gasteiger partial charge >= 0.3 is 0 Å². The van der Waals surface area contributed by atoms with Crippen molar-refractivity contribution >= 4 is 66.6 Å². The minimum atomic E-state index is -3.97. The molecule has 0 fully saturated rings. The predicted molar refractivity (Wildman–Crippen MR) is 104 cm³/mol. The Morgan fingerprint density at radius 3 is 2.64 bits per heavy atom. The normalized spacial score (nSPS) is 11.9. The van der Waals surface area contributed by atoms with Crippen LogP contribution in [0, 0.1) is 0 Å². The highest BCUT2D eigenvalue weighted by molar-refractivity contribution is 7.93. The zero-order chi connectivity index (χ0) is 18.0. The van der Waals surface area contributed by atoms with E-state index in [1.54, 1.807) is 0 Å². The summed E-state index contributed by atoms with van der Waals surface area (Å²) < 4.78 is 27.3. The summed E-state index contributed by atoms with van der Waals surface area (Å²) >= 11 is 13.2. The molecular weight excluding hydrogens is 401 g/mol.